The van der Waals surface area contributed by atoms with Crippen molar-refractivity contribution >= 4 is 17.5 Å². The molecule has 0 aliphatic heterocycles. The minimum atomic E-state index is -0.342. The highest BCUT2D eigenvalue weighted by Gasteiger charge is 2.14. The van der Waals surface area contributed by atoms with Crippen LogP contribution in [0.3, 0.4) is 0 Å². The molecule has 1 heterocycles. The number of ketones is 1. The number of nitrogens with one attached hydrogen (secondary N) is 1. The third kappa shape index (κ3) is 5.09. The number of carbonyl (C=O) groups is 1. The molecule has 0 saturated carbocycles. The summed E-state index contributed by atoms with van der Waals surface area (Å²) in [5, 5.41) is 16.1. The Morgan fingerprint density at radius 2 is 2.20 bits per heavy atom. The normalized spacial score (nSPS) is 11.6. The number of thioether (sulfide) groups is 1. The van der Waals surface area contributed by atoms with Gasteiger partial charge in [-0.2, -0.15) is 5.26 Å². The van der Waals surface area contributed by atoms with Crippen LogP contribution in [0.2, 0.25) is 0 Å². The van der Waals surface area contributed by atoms with Crippen LogP contribution in [0.5, 0.6) is 5.75 Å². The summed E-state index contributed by atoms with van der Waals surface area (Å²) in [5.41, 5.74) is 7.85. The number of aromatic amines is 1. The van der Waals surface area contributed by atoms with Crippen LogP contribution in [0, 0.1) is 25.2 Å². The highest BCUT2D eigenvalue weighted by atomic mass is 32.2. The Balaban J connectivity index is 1.92. The number of aryl methyl sites for hydroxylation is 2. The summed E-state index contributed by atoms with van der Waals surface area (Å²) in [6.07, 6.45) is 0. The second-order valence-corrected chi connectivity index (χ2v) is 6.45. The standard InChI is InChI=1S/C17H19N5O2S/c1-10-4-5-11(2)15(6-10)24-8-16-20-17(22-21-16)25-9-14(23)13(7-18)12(3)19/h4-6H,8-9,19H2,1-3H3,(H,20,21,22)/b13-12+. The molecule has 0 unspecified atom stereocenters. The van der Waals surface area contributed by atoms with Gasteiger partial charge < -0.3 is 10.5 Å². The molecule has 2 aromatic rings. The van der Waals surface area contributed by atoms with Crippen molar-refractivity contribution in [2.75, 3.05) is 5.75 Å². The lowest BCUT2D eigenvalue weighted by molar-refractivity contribution is -0.112. The summed E-state index contributed by atoms with van der Waals surface area (Å²) >= 11 is 1.14. The summed E-state index contributed by atoms with van der Waals surface area (Å²) in [6, 6.07) is 7.80. The summed E-state index contributed by atoms with van der Waals surface area (Å²) in [6.45, 7) is 5.75. The second-order valence-electron chi connectivity index (χ2n) is 5.50. The second kappa shape index (κ2) is 8.35. The third-order valence-electron chi connectivity index (χ3n) is 3.34. The van der Waals surface area contributed by atoms with Crippen molar-refractivity contribution in [1.29, 1.82) is 5.26 Å². The highest BCUT2D eigenvalue weighted by molar-refractivity contribution is 7.99. The van der Waals surface area contributed by atoms with E-state index in [9.17, 15) is 4.79 Å². The first kappa shape index (κ1) is 18.5. The molecule has 7 nitrogen and oxygen atoms in total. The van der Waals surface area contributed by atoms with Crippen LogP contribution in [-0.4, -0.2) is 26.7 Å². The predicted octanol–water partition coefficient (Wildman–Crippen LogP) is 2.42. The summed E-state index contributed by atoms with van der Waals surface area (Å²) in [5.74, 6) is 1.06. The number of hydrogen-bond donors (Lipinski definition) is 2. The van der Waals surface area contributed by atoms with E-state index in [-0.39, 0.29) is 29.4 Å². The van der Waals surface area contributed by atoms with E-state index >= 15 is 0 Å². The van der Waals surface area contributed by atoms with Gasteiger partial charge in [0.05, 0.1) is 5.75 Å². The van der Waals surface area contributed by atoms with Gasteiger partial charge in [0.2, 0.25) is 5.16 Å². The molecule has 130 valence electrons. The highest BCUT2D eigenvalue weighted by Crippen LogP contribution is 2.20. The predicted molar refractivity (Wildman–Crippen MR) is 94.9 cm³/mol. The number of rotatable bonds is 7. The van der Waals surface area contributed by atoms with Gasteiger partial charge in [0, 0.05) is 5.70 Å². The average Bonchev–Trinajstić information content (AvgIpc) is 3.02. The first-order valence-corrected chi connectivity index (χ1v) is 8.53. The lowest BCUT2D eigenvalue weighted by atomic mass is 10.1. The van der Waals surface area contributed by atoms with Crippen LogP contribution >= 0.6 is 11.8 Å². The number of ether oxygens (including phenoxy) is 1. The number of nitriles is 1. The zero-order chi connectivity index (χ0) is 18.4. The van der Waals surface area contributed by atoms with Gasteiger partial charge in [-0.3, -0.25) is 9.89 Å². The number of benzene rings is 1. The molecule has 0 atom stereocenters. The fourth-order valence-electron chi connectivity index (χ4n) is 1.99. The molecule has 0 aliphatic carbocycles. The fourth-order valence-corrected chi connectivity index (χ4v) is 2.68. The Labute approximate surface area is 150 Å². The number of allylic oxidation sites excluding steroid dienone is 2. The van der Waals surface area contributed by atoms with Crippen LogP contribution in [0.15, 0.2) is 34.6 Å². The number of nitrogens with two attached hydrogens (primary N) is 1. The Kier molecular flexibility index (Phi) is 6.19. The lowest BCUT2D eigenvalue weighted by Crippen LogP contribution is -2.10. The topological polar surface area (TPSA) is 118 Å². The van der Waals surface area contributed by atoms with Gasteiger partial charge in [-0.1, -0.05) is 23.9 Å². The Morgan fingerprint density at radius 3 is 2.88 bits per heavy atom. The van der Waals surface area contributed by atoms with Crippen molar-refractivity contribution in [3.8, 4) is 11.8 Å². The minimum absolute atomic E-state index is 0.0264. The SMILES string of the molecule is C/C(N)=C(/C#N)C(=O)CSc1n[nH]c(COc2cc(C)ccc2C)n1. The zero-order valence-corrected chi connectivity index (χ0v) is 15.1. The molecule has 0 spiro atoms. The van der Waals surface area contributed by atoms with Crippen LogP contribution in [0.4, 0.5) is 0 Å². The van der Waals surface area contributed by atoms with Crippen molar-refractivity contribution < 1.29 is 9.53 Å². The largest absolute Gasteiger partial charge is 0.485 e. The van der Waals surface area contributed by atoms with E-state index in [0.29, 0.717) is 11.0 Å². The monoisotopic (exact) mass is 357 g/mol. The van der Waals surface area contributed by atoms with E-state index in [1.54, 1.807) is 0 Å². The van der Waals surface area contributed by atoms with Gasteiger partial charge >= 0.3 is 0 Å². The summed E-state index contributed by atoms with van der Waals surface area (Å²) in [7, 11) is 0. The summed E-state index contributed by atoms with van der Waals surface area (Å²) in [4.78, 5) is 16.2. The first-order valence-electron chi connectivity index (χ1n) is 7.54. The van der Waals surface area contributed by atoms with Gasteiger partial charge in [0.1, 0.15) is 24.0 Å². The average molecular weight is 357 g/mol. The minimum Gasteiger partial charge on any atom is -0.485 e. The maximum absolute atomic E-state index is 11.9. The van der Waals surface area contributed by atoms with Crippen LogP contribution in [0.1, 0.15) is 23.9 Å². The van der Waals surface area contributed by atoms with Gasteiger partial charge in [-0.15, -0.1) is 5.10 Å². The lowest BCUT2D eigenvalue weighted by Gasteiger charge is -2.08. The maximum atomic E-state index is 11.9. The fraction of sp³-hybridized carbons (Fsp3) is 0.294. The van der Waals surface area contributed by atoms with E-state index in [0.717, 1.165) is 28.6 Å². The number of Topliss-reactive ketones (excluding diaryl/α,β-unsaturated/α-hetero) is 1. The molecule has 0 radical (unpaired) electrons. The van der Waals surface area contributed by atoms with Gasteiger partial charge in [-0.05, 0) is 38.0 Å². The van der Waals surface area contributed by atoms with E-state index in [1.165, 1.54) is 6.92 Å². The number of carbonyl (C=O) groups excluding carboxylic acids is 1. The van der Waals surface area contributed by atoms with Crippen molar-refractivity contribution in [2.45, 2.75) is 32.5 Å². The Morgan fingerprint density at radius 1 is 1.44 bits per heavy atom. The maximum Gasteiger partial charge on any atom is 0.208 e. The molecule has 8 heteroatoms. The van der Waals surface area contributed by atoms with Crippen molar-refractivity contribution in [1.82, 2.24) is 15.2 Å². The number of hydrogen-bond acceptors (Lipinski definition) is 7. The Hall–Kier alpha value is -2.79. The molecule has 3 N–H and O–H groups in total. The molecule has 0 bridgehead atoms. The Bertz CT molecular complexity index is 847. The van der Waals surface area contributed by atoms with Crippen LogP contribution < -0.4 is 10.5 Å². The molecule has 25 heavy (non-hydrogen) atoms. The molecule has 0 amide bonds. The third-order valence-corrected chi connectivity index (χ3v) is 4.18. The molecule has 0 fully saturated rings. The van der Waals surface area contributed by atoms with E-state index in [1.807, 2.05) is 38.1 Å². The van der Waals surface area contributed by atoms with E-state index < -0.39 is 0 Å². The van der Waals surface area contributed by atoms with Crippen LogP contribution in [0.25, 0.3) is 0 Å². The van der Waals surface area contributed by atoms with Crippen LogP contribution in [-0.2, 0) is 11.4 Å². The molecule has 1 aromatic carbocycles. The molecule has 0 aliphatic rings. The first-order chi connectivity index (χ1) is 11.9. The smallest absolute Gasteiger partial charge is 0.208 e. The zero-order valence-electron chi connectivity index (χ0n) is 14.3. The van der Waals surface area contributed by atoms with Crippen molar-refractivity contribution in [3.63, 3.8) is 0 Å². The number of H-pyrrole nitrogens is 1. The van der Waals surface area contributed by atoms with E-state index in [4.69, 9.17) is 15.7 Å². The van der Waals surface area contributed by atoms with E-state index in [2.05, 4.69) is 15.2 Å². The molecule has 1 aromatic heterocycles. The molecular formula is C17H19N5O2S. The molecular weight excluding hydrogens is 338 g/mol. The number of aromatic nitrogens is 3. The van der Waals surface area contributed by atoms with Gasteiger partial charge in [-0.25, -0.2) is 4.98 Å². The number of nitrogens with zero attached hydrogens (tertiary/aromatic N) is 3. The van der Waals surface area contributed by atoms with Gasteiger partial charge in [0.25, 0.3) is 0 Å². The summed E-state index contributed by atoms with van der Waals surface area (Å²) < 4.78 is 5.75. The quantitative estimate of drug-likeness (QED) is 0.444. The van der Waals surface area contributed by atoms with Crippen molar-refractivity contribution in [2.24, 2.45) is 5.73 Å². The molecule has 0 saturated heterocycles. The van der Waals surface area contributed by atoms with Crippen molar-refractivity contribution in [3.05, 3.63) is 46.4 Å². The molecule has 2 rings (SSSR count). The van der Waals surface area contributed by atoms with Gasteiger partial charge in [0.15, 0.2) is 11.6 Å².